The van der Waals surface area contributed by atoms with Crippen molar-refractivity contribution in [3.8, 4) is 0 Å². The Bertz CT molecular complexity index is 457. The van der Waals surface area contributed by atoms with E-state index in [0.717, 1.165) is 18.4 Å². The first-order valence-corrected chi connectivity index (χ1v) is 7.77. The first-order chi connectivity index (χ1) is 7.59. The second-order valence-electron chi connectivity index (χ2n) is 4.64. The molecule has 1 aromatic carbocycles. The lowest BCUT2D eigenvalue weighted by atomic mass is 9.84. The minimum Gasteiger partial charge on any atom is -0.224 e. The van der Waals surface area contributed by atoms with Gasteiger partial charge in [-0.15, -0.1) is 0 Å². The van der Waals surface area contributed by atoms with Gasteiger partial charge in [-0.25, -0.2) is 8.42 Å². The number of hydrogen-bond donors (Lipinski definition) is 0. The molecule has 0 aromatic heterocycles. The fourth-order valence-corrected chi connectivity index (χ4v) is 3.56. The maximum atomic E-state index is 11.7. The molecule has 0 bridgehead atoms. The number of sulfone groups is 1. The van der Waals surface area contributed by atoms with Crippen molar-refractivity contribution in [2.45, 2.75) is 42.9 Å². The summed E-state index contributed by atoms with van der Waals surface area (Å²) < 4.78 is 23.4. The molecule has 1 fully saturated rings. The van der Waals surface area contributed by atoms with E-state index in [9.17, 15) is 8.42 Å². The van der Waals surface area contributed by atoms with Crippen LogP contribution < -0.4 is 0 Å². The van der Waals surface area contributed by atoms with Crippen molar-refractivity contribution < 1.29 is 8.42 Å². The molecule has 0 N–H and O–H groups in total. The number of benzene rings is 1. The first-order valence-electron chi connectivity index (χ1n) is 5.88. The number of rotatable bonds is 2. The molecule has 0 radical (unpaired) electrons. The summed E-state index contributed by atoms with van der Waals surface area (Å²) in [6.07, 6.45) is 7.30. The Balaban J connectivity index is 2.40. The van der Waals surface area contributed by atoms with E-state index in [2.05, 4.69) is 0 Å². The first kappa shape index (κ1) is 11.6. The molecule has 0 spiro atoms. The van der Waals surface area contributed by atoms with E-state index in [4.69, 9.17) is 0 Å². The van der Waals surface area contributed by atoms with E-state index in [-0.39, 0.29) is 0 Å². The van der Waals surface area contributed by atoms with E-state index in [0.29, 0.717) is 10.8 Å². The van der Waals surface area contributed by atoms with E-state index in [1.54, 1.807) is 6.07 Å². The summed E-state index contributed by atoms with van der Waals surface area (Å²) in [5.74, 6) is 0.444. The van der Waals surface area contributed by atoms with Gasteiger partial charge in [0.25, 0.3) is 0 Å². The highest BCUT2D eigenvalue weighted by Crippen LogP contribution is 2.35. The summed E-state index contributed by atoms with van der Waals surface area (Å²) in [6, 6.07) is 7.47. The van der Waals surface area contributed by atoms with Crippen LogP contribution in [-0.2, 0) is 9.84 Å². The summed E-state index contributed by atoms with van der Waals surface area (Å²) in [6.45, 7) is 0. The zero-order valence-electron chi connectivity index (χ0n) is 9.65. The zero-order valence-corrected chi connectivity index (χ0v) is 10.5. The minimum atomic E-state index is -3.08. The number of hydrogen-bond acceptors (Lipinski definition) is 2. The standard InChI is InChI=1S/C13H18O2S/c1-16(14,15)13-10-6-5-9-12(13)11-7-3-2-4-8-11/h5-6,9-11H,2-4,7-8H2,1H3. The molecule has 0 aliphatic heterocycles. The highest BCUT2D eigenvalue weighted by molar-refractivity contribution is 7.90. The molecule has 2 rings (SSSR count). The smallest absolute Gasteiger partial charge is 0.175 e. The monoisotopic (exact) mass is 238 g/mol. The molecule has 0 amide bonds. The Hall–Kier alpha value is -0.830. The summed E-state index contributed by atoms with van der Waals surface area (Å²) in [5, 5.41) is 0. The van der Waals surface area contributed by atoms with Crippen LogP contribution in [0.4, 0.5) is 0 Å². The maximum absolute atomic E-state index is 11.7. The second kappa shape index (κ2) is 4.58. The molecule has 0 saturated heterocycles. The fraction of sp³-hybridized carbons (Fsp3) is 0.538. The van der Waals surface area contributed by atoms with Crippen LogP contribution in [0.3, 0.4) is 0 Å². The molecule has 88 valence electrons. The third kappa shape index (κ3) is 2.46. The van der Waals surface area contributed by atoms with Crippen LogP contribution in [-0.4, -0.2) is 14.7 Å². The maximum Gasteiger partial charge on any atom is 0.175 e. The van der Waals surface area contributed by atoms with Gasteiger partial charge in [0.1, 0.15) is 0 Å². The Morgan fingerprint density at radius 1 is 1.06 bits per heavy atom. The van der Waals surface area contributed by atoms with Crippen molar-refractivity contribution in [1.82, 2.24) is 0 Å². The molecular weight excluding hydrogens is 220 g/mol. The van der Waals surface area contributed by atoms with Crippen LogP contribution >= 0.6 is 0 Å². The molecule has 16 heavy (non-hydrogen) atoms. The van der Waals surface area contributed by atoms with Gasteiger partial charge in [0.15, 0.2) is 9.84 Å². The molecule has 2 nitrogen and oxygen atoms in total. The van der Waals surface area contributed by atoms with Crippen molar-refractivity contribution >= 4 is 9.84 Å². The Morgan fingerprint density at radius 3 is 2.31 bits per heavy atom. The minimum absolute atomic E-state index is 0.444. The van der Waals surface area contributed by atoms with Crippen molar-refractivity contribution in [1.29, 1.82) is 0 Å². The topological polar surface area (TPSA) is 34.1 Å². The van der Waals surface area contributed by atoms with E-state index >= 15 is 0 Å². The van der Waals surface area contributed by atoms with Gasteiger partial charge >= 0.3 is 0 Å². The molecule has 3 heteroatoms. The second-order valence-corrected chi connectivity index (χ2v) is 6.63. The predicted molar refractivity (Wildman–Crippen MR) is 65.4 cm³/mol. The third-order valence-corrected chi connectivity index (χ3v) is 4.53. The van der Waals surface area contributed by atoms with Gasteiger partial charge in [0.05, 0.1) is 4.90 Å². The SMILES string of the molecule is CS(=O)(=O)c1ccccc1C1CCCCC1. The van der Waals surface area contributed by atoms with Crippen LogP contribution in [0.2, 0.25) is 0 Å². The van der Waals surface area contributed by atoms with Gasteiger partial charge in [-0.1, -0.05) is 37.5 Å². The lowest BCUT2D eigenvalue weighted by Crippen LogP contribution is -2.10. The molecule has 0 unspecified atom stereocenters. The van der Waals surface area contributed by atoms with Gasteiger partial charge in [-0.3, -0.25) is 0 Å². The van der Waals surface area contributed by atoms with Crippen LogP contribution in [0.15, 0.2) is 29.2 Å². The zero-order chi connectivity index (χ0) is 11.6. The molecular formula is C13H18O2S. The van der Waals surface area contributed by atoms with Crippen molar-refractivity contribution in [2.75, 3.05) is 6.26 Å². The molecule has 1 aromatic rings. The highest BCUT2D eigenvalue weighted by Gasteiger charge is 2.21. The van der Waals surface area contributed by atoms with Crippen LogP contribution in [0.5, 0.6) is 0 Å². The van der Waals surface area contributed by atoms with Gasteiger partial charge < -0.3 is 0 Å². The van der Waals surface area contributed by atoms with Gasteiger partial charge in [0.2, 0.25) is 0 Å². The van der Waals surface area contributed by atoms with Gasteiger partial charge in [-0.2, -0.15) is 0 Å². The molecule has 0 atom stereocenters. The average Bonchev–Trinajstić information content (AvgIpc) is 2.29. The lowest BCUT2D eigenvalue weighted by Gasteiger charge is -2.23. The summed E-state index contributed by atoms with van der Waals surface area (Å²) in [4.78, 5) is 0.530. The molecule has 1 aliphatic carbocycles. The average molecular weight is 238 g/mol. The van der Waals surface area contributed by atoms with Gasteiger partial charge in [-0.05, 0) is 30.4 Å². The largest absolute Gasteiger partial charge is 0.224 e. The van der Waals surface area contributed by atoms with Crippen molar-refractivity contribution in [3.05, 3.63) is 29.8 Å². The Morgan fingerprint density at radius 2 is 1.69 bits per heavy atom. The highest BCUT2D eigenvalue weighted by atomic mass is 32.2. The van der Waals surface area contributed by atoms with Crippen LogP contribution in [0.25, 0.3) is 0 Å². The third-order valence-electron chi connectivity index (χ3n) is 3.36. The summed E-state index contributed by atoms with van der Waals surface area (Å²) in [7, 11) is -3.08. The van der Waals surface area contributed by atoms with Crippen LogP contribution in [0, 0.1) is 0 Å². The van der Waals surface area contributed by atoms with Crippen molar-refractivity contribution in [3.63, 3.8) is 0 Å². The predicted octanol–water partition coefficient (Wildman–Crippen LogP) is 3.14. The molecule has 0 heterocycles. The fourth-order valence-electron chi connectivity index (χ4n) is 2.57. The molecule has 1 aliphatic rings. The molecule has 1 saturated carbocycles. The van der Waals surface area contributed by atoms with Gasteiger partial charge in [0, 0.05) is 6.26 Å². The van der Waals surface area contributed by atoms with E-state index in [1.807, 2.05) is 18.2 Å². The van der Waals surface area contributed by atoms with Crippen molar-refractivity contribution in [2.24, 2.45) is 0 Å². The normalized spacial score (nSPS) is 18.6. The quantitative estimate of drug-likeness (QED) is 0.793. The van der Waals surface area contributed by atoms with Crippen LogP contribution in [0.1, 0.15) is 43.6 Å². The summed E-state index contributed by atoms with van der Waals surface area (Å²) >= 11 is 0. The van der Waals surface area contributed by atoms with E-state index < -0.39 is 9.84 Å². The van der Waals surface area contributed by atoms with E-state index in [1.165, 1.54) is 25.5 Å². The lowest BCUT2D eigenvalue weighted by molar-refractivity contribution is 0.438. The Labute approximate surface area is 97.6 Å². The Kier molecular flexibility index (Phi) is 3.33. The summed E-state index contributed by atoms with van der Waals surface area (Å²) in [5.41, 5.74) is 1.03.